The number of unbranched alkanes of at least 4 members (excludes halogenated alkanes) is 5. The molecule has 2 aromatic rings. The van der Waals surface area contributed by atoms with Gasteiger partial charge in [0.05, 0.1) is 7.11 Å². The number of aryl methyl sites for hydroxylation is 1. The molecular weight excluding hydrogens is 316 g/mol. The minimum Gasteiger partial charge on any atom is -0.469 e. The molecule has 0 fully saturated rings. The van der Waals surface area contributed by atoms with Crippen molar-refractivity contribution in [2.24, 2.45) is 0 Å². The molecule has 25 heavy (non-hydrogen) atoms. The Bertz CT molecular complexity index is 703. The molecule has 0 bridgehead atoms. The first-order valence-electron chi connectivity index (χ1n) is 8.95. The molecule has 0 unspecified atom stereocenters. The number of methoxy groups -OCH3 is 1. The maximum Gasteiger partial charge on any atom is 0.336 e. The van der Waals surface area contributed by atoms with Crippen LogP contribution >= 0.6 is 0 Å². The summed E-state index contributed by atoms with van der Waals surface area (Å²) in [6.45, 7) is 0. The van der Waals surface area contributed by atoms with Crippen molar-refractivity contribution in [1.29, 1.82) is 0 Å². The average Bonchev–Trinajstić information content (AvgIpc) is 2.64. The van der Waals surface area contributed by atoms with Gasteiger partial charge in [0.15, 0.2) is 0 Å². The van der Waals surface area contributed by atoms with Gasteiger partial charge in [-0.1, -0.05) is 56.0 Å². The van der Waals surface area contributed by atoms with Gasteiger partial charge in [0.25, 0.3) is 0 Å². The van der Waals surface area contributed by atoms with Gasteiger partial charge in [0, 0.05) is 18.9 Å². The Kier molecular flexibility index (Phi) is 7.96. The Morgan fingerprint density at radius 1 is 0.920 bits per heavy atom. The Morgan fingerprint density at radius 2 is 1.60 bits per heavy atom. The highest BCUT2D eigenvalue weighted by Gasteiger charge is 2.04. The molecule has 0 saturated heterocycles. The van der Waals surface area contributed by atoms with Crippen LogP contribution in [-0.4, -0.2) is 13.1 Å². The molecule has 0 atom stereocenters. The van der Waals surface area contributed by atoms with Crippen molar-refractivity contribution < 1.29 is 13.9 Å². The lowest BCUT2D eigenvalue weighted by Crippen LogP contribution is -2.01. The van der Waals surface area contributed by atoms with E-state index in [0.29, 0.717) is 6.42 Å². The standard InChI is InChI=1S/C21H26O4/c1-24-20(22)14-10-5-3-2-4-9-13-19-15-18(16-21(23)25-19)17-11-7-6-8-12-17/h6-8,11-12,15-16H,2-5,9-10,13-14H2,1H3. The van der Waals surface area contributed by atoms with Crippen LogP contribution in [0.15, 0.2) is 51.7 Å². The zero-order valence-corrected chi connectivity index (χ0v) is 14.8. The summed E-state index contributed by atoms with van der Waals surface area (Å²) in [5.41, 5.74) is 1.65. The first kappa shape index (κ1) is 19.0. The van der Waals surface area contributed by atoms with Gasteiger partial charge in [0.2, 0.25) is 0 Å². The van der Waals surface area contributed by atoms with E-state index in [2.05, 4.69) is 4.74 Å². The number of rotatable bonds is 10. The molecule has 1 heterocycles. The number of carbonyl (C=O) groups is 1. The van der Waals surface area contributed by atoms with Gasteiger partial charge in [-0.2, -0.15) is 0 Å². The molecule has 0 aliphatic rings. The van der Waals surface area contributed by atoms with Crippen LogP contribution in [0, 0.1) is 0 Å². The molecule has 0 radical (unpaired) electrons. The van der Waals surface area contributed by atoms with E-state index in [-0.39, 0.29) is 11.6 Å². The fourth-order valence-electron chi connectivity index (χ4n) is 2.83. The van der Waals surface area contributed by atoms with E-state index >= 15 is 0 Å². The van der Waals surface area contributed by atoms with Crippen LogP contribution in [0.3, 0.4) is 0 Å². The molecule has 1 aromatic carbocycles. The predicted octanol–water partition coefficient (Wildman–Crippen LogP) is 4.75. The summed E-state index contributed by atoms with van der Waals surface area (Å²) in [6, 6.07) is 13.4. The summed E-state index contributed by atoms with van der Waals surface area (Å²) in [6.07, 6.45) is 7.56. The largest absolute Gasteiger partial charge is 0.469 e. The first-order valence-corrected chi connectivity index (χ1v) is 8.95. The van der Waals surface area contributed by atoms with Crippen LogP contribution in [0.2, 0.25) is 0 Å². The van der Waals surface area contributed by atoms with Crippen molar-refractivity contribution in [3.63, 3.8) is 0 Å². The Hall–Kier alpha value is -2.36. The van der Waals surface area contributed by atoms with Crippen LogP contribution in [0.1, 0.15) is 50.7 Å². The topological polar surface area (TPSA) is 56.5 Å². The normalized spacial score (nSPS) is 10.6. The minimum absolute atomic E-state index is 0.131. The van der Waals surface area contributed by atoms with Crippen molar-refractivity contribution in [3.05, 3.63) is 58.6 Å². The van der Waals surface area contributed by atoms with Crippen molar-refractivity contribution in [1.82, 2.24) is 0 Å². The molecule has 0 aliphatic heterocycles. The SMILES string of the molecule is COC(=O)CCCCCCCCc1cc(-c2ccccc2)cc(=O)o1. The van der Waals surface area contributed by atoms with E-state index in [1.807, 2.05) is 36.4 Å². The van der Waals surface area contributed by atoms with E-state index in [1.165, 1.54) is 7.11 Å². The summed E-state index contributed by atoms with van der Waals surface area (Å²) in [5.74, 6) is 0.616. The van der Waals surface area contributed by atoms with Crippen molar-refractivity contribution >= 4 is 5.97 Å². The van der Waals surface area contributed by atoms with E-state index in [1.54, 1.807) is 6.07 Å². The molecule has 134 valence electrons. The predicted molar refractivity (Wildman–Crippen MR) is 98.5 cm³/mol. The highest BCUT2D eigenvalue weighted by atomic mass is 16.5. The molecule has 2 rings (SSSR count). The maximum atomic E-state index is 11.8. The Morgan fingerprint density at radius 3 is 2.32 bits per heavy atom. The lowest BCUT2D eigenvalue weighted by molar-refractivity contribution is -0.140. The minimum atomic E-state index is -0.292. The summed E-state index contributed by atoms with van der Waals surface area (Å²) in [7, 11) is 1.42. The number of hydrogen-bond donors (Lipinski definition) is 0. The van der Waals surface area contributed by atoms with Gasteiger partial charge in [-0.25, -0.2) is 4.79 Å². The van der Waals surface area contributed by atoms with Gasteiger partial charge < -0.3 is 9.15 Å². The third-order valence-electron chi connectivity index (χ3n) is 4.21. The molecule has 0 aliphatic carbocycles. The van der Waals surface area contributed by atoms with E-state index in [4.69, 9.17) is 4.42 Å². The van der Waals surface area contributed by atoms with E-state index in [0.717, 1.165) is 61.8 Å². The second-order valence-corrected chi connectivity index (χ2v) is 6.19. The van der Waals surface area contributed by atoms with Gasteiger partial charge in [0.1, 0.15) is 5.76 Å². The Labute approximate surface area is 148 Å². The molecule has 0 spiro atoms. The number of hydrogen-bond acceptors (Lipinski definition) is 4. The third-order valence-corrected chi connectivity index (χ3v) is 4.21. The first-order chi connectivity index (χ1) is 12.2. The monoisotopic (exact) mass is 342 g/mol. The summed E-state index contributed by atoms with van der Waals surface area (Å²) >= 11 is 0. The number of carbonyl (C=O) groups excluding carboxylic acids is 1. The molecule has 1 aromatic heterocycles. The maximum absolute atomic E-state index is 11.8. The molecule has 0 saturated carbocycles. The number of benzene rings is 1. The third kappa shape index (κ3) is 6.96. The molecule has 4 heteroatoms. The summed E-state index contributed by atoms with van der Waals surface area (Å²) in [5, 5.41) is 0. The van der Waals surface area contributed by atoms with Crippen molar-refractivity contribution in [3.8, 4) is 11.1 Å². The van der Waals surface area contributed by atoms with E-state index in [9.17, 15) is 9.59 Å². The summed E-state index contributed by atoms with van der Waals surface area (Å²) < 4.78 is 9.94. The lowest BCUT2D eigenvalue weighted by atomic mass is 10.0. The number of esters is 1. The zero-order valence-electron chi connectivity index (χ0n) is 14.8. The lowest BCUT2D eigenvalue weighted by Gasteiger charge is -2.05. The fraction of sp³-hybridized carbons (Fsp3) is 0.429. The second-order valence-electron chi connectivity index (χ2n) is 6.19. The van der Waals surface area contributed by atoms with Gasteiger partial charge in [-0.3, -0.25) is 4.79 Å². The van der Waals surface area contributed by atoms with Crippen LogP contribution in [0.25, 0.3) is 11.1 Å². The van der Waals surface area contributed by atoms with Crippen molar-refractivity contribution in [2.75, 3.05) is 7.11 Å². The van der Waals surface area contributed by atoms with Crippen LogP contribution in [0.5, 0.6) is 0 Å². The summed E-state index contributed by atoms with van der Waals surface area (Å²) in [4.78, 5) is 22.8. The van der Waals surface area contributed by atoms with Crippen LogP contribution in [-0.2, 0) is 16.0 Å². The smallest absolute Gasteiger partial charge is 0.336 e. The highest BCUT2D eigenvalue weighted by Crippen LogP contribution is 2.19. The van der Waals surface area contributed by atoms with Crippen LogP contribution in [0.4, 0.5) is 0 Å². The quantitative estimate of drug-likeness (QED) is 0.462. The molecular formula is C21H26O4. The molecule has 4 nitrogen and oxygen atoms in total. The van der Waals surface area contributed by atoms with Gasteiger partial charge in [-0.15, -0.1) is 0 Å². The fourth-order valence-corrected chi connectivity index (χ4v) is 2.83. The van der Waals surface area contributed by atoms with Crippen molar-refractivity contribution in [2.45, 2.75) is 51.4 Å². The zero-order chi connectivity index (χ0) is 17.9. The second kappa shape index (κ2) is 10.5. The van der Waals surface area contributed by atoms with E-state index < -0.39 is 0 Å². The average molecular weight is 342 g/mol. The number of ether oxygens (including phenoxy) is 1. The van der Waals surface area contributed by atoms with Gasteiger partial charge in [-0.05, 0) is 30.0 Å². The van der Waals surface area contributed by atoms with Crippen LogP contribution < -0.4 is 5.63 Å². The molecule has 0 amide bonds. The van der Waals surface area contributed by atoms with Gasteiger partial charge >= 0.3 is 11.6 Å². The molecule has 0 N–H and O–H groups in total. The highest BCUT2D eigenvalue weighted by molar-refractivity contribution is 5.69. The Balaban J connectivity index is 1.72.